The number of benzene rings is 2. The smallest absolute Gasteiger partial charge is 0.272 e. The molecule has 5 aromatic rings. The standard InChI is InChI=1S/C17H11N5OS/c18-14-13-15(20-22(14)10-6-2-1-3-7-10)19-17-21(16(13)23)11-8-4-5-9-12(11)24-17/h1-9H,18H2. The van der Waals surface area contributed by atoms with Gasteiger partial charge in [0.2, 0.25) is 0 Å². The van der Waals surface area contributed by atoms with E-state index < -0.39 is 0 Å². The van der Waals surface area contributed by atoms with Gasteiger partial charge in [0.25, 0.3) is 5.56 Å². The number of nitrogens with zero attached hydrogens (tertiary/aromatic N) is 4. The van der Waals surface area contributed by atoms with Crippen LogP contribution in [0.25, 0.3) is 31.9 Å². The molecule has 0 atom stereocenters. The summed E-state index contributed by atoms with van der Waals surface area (Å²) < 4.78 is 4.17. The Kier molecular flexibility index (Phi) is 2.57. The van der Waals surface area contributed by atoms with E-state index in [0.717, 1.165) is 15.9 Å². The SMILES string of the molecule is Nc1c2c(=O)n3c(nc2nn1-c1ccccc1)sc1ccccc13. The van der Waals surface area contributed by atoms with Gasteiger partial charge in [0.1, 0.15) is 11.2 Å². The summed E-state index contributed by atoms with van der Waals surface area (Å²) in [6, 6.07) is 17.2. The van der Waals surface area contributed by atoms with E-state index in [4.69, 9.17) is 5.73 Å². The molecule has 7 heteroatoms. The maximum Gasteiger partial charge on any atom is 0.272 e. The van der Waals surface area contributed by atoms with Gasteiger partial charge in [0.05, 0.1) is 15.9 Å². The molecule has 0 radical (unpaired) electrons. The van der Waals surface area contributed by atoms with E-state index in [1.54, 1.807) is 9.08 Å². The Morgan fingerprint density at radius 2 is 1.75 bits per heavy atom. The van der Waals surface area contributed by atoms with Crippen molar-refractivity contribution in [1.82, 2.24) is 19.2 Å². The highest BCUT2D eigenvalue weighted by Crippen LogP contribution is 2.26. The van der Waals surface area contributed by atoms with Gasteiger partial charge in [0.15, 0.2) is 10.6 Å². The maximum absolute atomic E-state index is 13.0. The van der Waals surface area contributed by atoms with Crippen LogP contribution in [0.5, 0.6) is 0 Å². The van der Waals surface area contributed by atoms with Crippen LogP contribution in [0, 0.1) is 0 Å². The molecule has 2 N–H and O–H groups in total. The number of anilines is 1. The summed E-state index contributed by atoms with van der Waals surface area (Å²) >= 11 is 1.46. The Morgan fingerprint density at radius 1 is 1.00 bits per heavy atom. The second-order valence-corrected chi connectivity index (χ2v) is 6.45. The van der Waals surface area contributed by atoms with E-state index in [1.807, 2.05) is 54.6 Å². The van der Waals surface area contributed by atoms with Crippen molar-refractivity contribution in [2.45, 2.75) is 0 Å². The first-order chi connectivity index (χ1) is 11.7. The third kappa shape index (κ3) is 1.67. The normalized spacial score (nSPS) is 11.7. The molecule has 0 aliphatic carbocycles. The van der Waals surface area contributed by atoms with Crippen LogP contribution in [0.1, 0.15) is 0 Å². The minimum Gasteiger partial charge on any atom is -0.383 e. The molecule has 0 saturated heterocycles. The second kappa shape index (κ2) is 4.65. The Bertz CT molecular complexity index is 1280. The summed E-state index contributed by atoms with van der Waals surface area (Å²) in [6.07, 6.45) is 0. The van der Waals surface area contributed by atoms with Crippen LogP contribution in [-0.2, 0) is 0 Å². The number of rotatable bonds is 1. The zero-order valence-corrected chi connectivity index (χ0v) is 13.2. The van der Waals surface area contributed by atoms with Crippen LogP contribution in [0.15, 0.2) is 59.4 Å². The van der Waals surface area contributed by atoms with Crippen LogP contribution in [0.2, 0.25) is 0 Å². The van der Waals surface area contributed by atoms with Gasteiger partial charge >= 0.3 is 0 Å². The molecule has 5 rings (SSSR count). The molecule has 0 amide bonds. The molecular weight excluding hydrogens is 322 g/mol. The molecule has 3 heterocycles. The first kappa shape index (κ1) is 13.3. The molecule has 3 aromatic heterocycles. The summed E-state index contributed by atoms with van der Waals surface area (Å²) in [5.41, 5.74) is 8.04. The zero-order chi connectivity index (χ0) is 16.3. The molecule has 0 unspecified atom stereocenters. The van der Waals surface area contributed by atoms with Crippen molar-refractivity contribution in [1.29, 1.82) is 0 Å². The molecule has 0 saturated carbocycles. The number of fused-ring (bicyclic) bond motifs is 4. The van der Waals surface area contributed by atoms with Crippen LogP contribution in [0.3, 0.4) is 0 Å². The molecule has 6 nitrogen and oxygen atoms in total. The highest BCUT2D eigenvalue weighted by Gasteiger charge is 2.18. The van der Waals surface area contributed by atoms with Crippen molar-refractivity contribution in [3.05, 3.63) is 65.0 Å². The van der Waals surface area contributed by atoms with E-state index >= 15 is 0 Å². The van der Waals surface area contributed by atoms with Crippen LogP contribution in [-0.4, -0.2) is 19.2 Å². The third-order valence-corrected chi connectivity index (χ3v) is 5.04. The lowest BCUT2D eigenvalue weighted by Crippen LogP contribution is -2.14. The Morgan fingerprint density at radius 3 is 2.58 bits per heavy atom. The van der Waals surface area contributed by atoms with Crippen molar-refractivity contribution >= 4 is 43.4 Å². The Labute approximate surface area is 139 Å². The number of para-hydroxylation sites is 2. The average molecular weight is 333 g/mol. The number of hydrogen-bond acceptors (Lipinski definition) is 5. The van der Waals surface area contributed by atoms with Crippen molar-refractivity contribution < 1.29 is 0 Å². The molecule has 116 valence electrons. The largest absolute Gasteiger partial charge is 0.383 e. The minimum atomic E-state index is -0.188. The van der Waals surface area contributed by atoms with E-state index in [2.05, 4.69) is 10.1 Å². The summed E-state index contributed by atoms with van der Waals surface area (Å²) in [5, 5.41) is 4.78. The van der Waals surface area contributed by atoms with Crippen LogP contribution >= 0.6 is 11.3 Å². The van der Waals surface area contributed by atoms with Crippen molar-refractivity contribution in [2.75, 3.05) is 5.73 Å². The van der Waals surface area contributed by atoms with Crippen LogP contribution < -0.4 is 11.3 Å². The van der Waals surface area contributed by atoms with Crippen molar-refractivity contribution in [3.63, 3.8) is 0 Å². The van der Waals surface area contributed by atoms with Gasteiger partial charge in [-0.25, -0.2) is 4.68 Å². The predicted molar refractivity (Wildman–Crippen MR) is 95.9 cm³/mol. The van der Waals surface area contributed by atoms with Gasteiger partial charge < -0.3 is 5.73 Å². The first-order valence-corrected chi connectivity index (χ1v) is 8.19. The van der Waals surface area contributed by atoms with E-state index in [-0.39, 0.29) is 5.56 Å². The lowest BCUT2D eigenvalue weighted by atomic mass is 10.3. The molecular formula is C17H11N5OS. The molecule has 0 spiro atoms. The summed E-state index contributed by atoms with van der Waals surface area (Å²) in [5.74, 6) is 0.304. The Balaban J connectivity index is 1.94. The first-order valence-electron chi connectivity index (χ1n) is 7.38. The molecule has 0 bridgehead atoms. The van der Waals surface area contributed by atoms with Crippen LogP contribution in [0.4, 0.5) is 5.82 Å². The average Bonchev–Trinajstić information content (AvgIpc) is 3.14. The van der Waals surface area contributed by atoms with Crippen molar-refractivity contribution in [2.24, 2.45) is 0 Å². The predicted octanol–water partition coefficient (Wildman–Crippen LogP) is 2.83. The molecule has 0 aliphatic heterocycles. The minimum absolute atomic E-state index is 0.188. The highest BCUT2D eigenvalue weighted by molar-refractivity contribution is 7.23. The molecule has 2 aromatic carbocycles. The molecule has 0 aliphatic rings. The monoisotopic (exact) mass is 333 g/mol. The summed E-state index contributed by atoms with van der Waals surface area (Å²) in [7, 11) is 0. The number of nitrogen functional groups attached to an aromatic ring is 1. The van der Waals surface area contributed by atoms with Gasteiger partial charge in [-0.05, 0) is 24.3 Å². The maximum atomic E-state index is 13.0. The lowest BCUT2D eigenvalue weighted by molar-refractivity contribution is 0.901. The lowest BCUT2D eigenvalue weighted by Gasteiger charge is -2.02. The van der Waals surface area contributed by atoms with Gasteiger partial charge in [-0.1, -0.05) is 41.7 Å². The van der Waals surface area contributed by atoms with Crippen molar-refractivity contribution in [3.8, 4) is 5.69 Å². The molecule has 24 heavy (non-hydrogen) atoms. The number of thiazole rings is 1. The quantitative estimate of drug-likeness (QED) is 0.512. The summed E-state index contributed by atoms with van der Waals surface area (Å²) in [4.78, 5) is 18.2. The fourth-order valence-electron chi connectivity index (χ4n) is 2.92. The fourth-order valence-corrected chi connectivity index (χ4v) is 3.93. The zero-order valence-electron chi connectivity index (χ0n) is 12.4. The van der Waals surface area contributed by atoms with Gasteiger partial charge in [0, 0.05) is 0 Å². The van der Waals surface area contributed by atoms with E-state index in [1.165, 1.54) is 11.3 Å². The third-order valence-electron chi connectivity index (χ3n) is 4.02. The topological polar surface area (TPSA) is 78.2 Å². The fraction of sp³-hybridized carbons (Fsp3) is 0. The van der Waals surface area contributed by atoms with Gasteiger partial charge in [-0.2, -0.15) is 4.98 Å². The second-order valence-electron chi connectivity index (χ2n) is 5.44. The summed E-state index contributed by atoms with van der Waals surface area (Å²) in [6.45, 7) is 0. The number of aromatic nitrogens is 4. The van der Waals surface area contributed by atoms with Gasteiger partial charge in [-0.3, -0.25) is 9.20 Å². The van der Waals surface area contributed by atoms with E-state index in [0.29, 0.717) is 21.8 Å². The number of nitrogens with two attached hydrogens (primary N) is 1. The number of hydrogen-bond donors (Lipinski definition) is 1. The molecule has 0 fully saturated rings. The van der Waals surface area contributed by atoms with E-state index in [9.17, 15) is 4.79 Å². The highest BCUT2D eigenvalue weighted by atomic mass is 32.1. The Hall–Kier alpha value is -3.19. The van der Waals surface area contributed by atoms with Gasteiger partial charge in [-0.15, -0.1) is 5.10 Å².